The maximum atomic E-state index is 4.65. The van der Waals surface area contributed by atoms with Crippen LogP contribution >= 0.6 is 23.1 Å². The first-order valence-corrected chi connectivity index (χ1v) is 10.0. The highest BCUT2D eigenvalue weighted by Crippen LogP contribution is 2.49. The van der Waals surface area contributed by atoms with Gasteiger partial charge in [0.25, 0.3) is 0 Å². The molecule has 0 saturated carbocycles. The fourth-order valence-electron chi connectivity index (χ4n) is 2.65. The van der Waals surface area contributed by atoms with Crippen molar-refractivity contribution in [1.29, 1.82) is 0 Å². The average Bonchev–Trinajstić information content (AvgIpc) is 3.20. The molecule has 1 heterocycles. The van der Waals surface area contributed by atoms with Crippen molar-refractivity contribution in [3.8, 4) is 5.69 Å². The molecule has 0 bridgehead atoms. The van der Waals surface area contributed by atoms with Gasteiger partial charge in [0, 0.05) is 4.47 Å². The van der Waals surface area contributed by atoms with Gasteiger partial charge in [0.05, 0.1) is 22.5 Å². The summed E-state index contributed by atoms with van der Waals surface area (Å²) in [6, 6.07) is 29.9. The highest BCUT2D eigenvalue weighted by molar-refractivity contribution is 9.10. The zero-order valence-electron chi connectivity index (χ0n) is 13.3. The Hall–Kier alpha value is -2.23. The Morgan fingerprint density at radius 3 is 1.85 bits per heavy atom. The molecular weight excluding hydrogens is 404 g/mol. The Morgan fingerprint density at radius 1 is 0.769 bits per heavy atom. The number of halogens is 1. The zero-order valence-corrected chi connectivity index (χ0v) is 15.8. The van der Waals surface area contributed by atoms with Crippen molar-refractivity contribution in [1.82, 2.24) is 15.0 Å². The maximum Gasteiger partial charge on any atom is 0.187 e. The second-order valence-corrected chi connectivity index (χ2v) is 8.58. The molecule has 0 fully saturated rings. The molecule has 26 heavy (non-hydrogen) atoms. The van der Waals surface area contributed by atoms with Crippen LogP contribution in [0.1, 0.15) is 0 Å². The number of aromatic nitrogens is 3. The molecular formula is C20H18BBrN3P. The van der Waals surface area contributed by atoms with Crippen LogP contribution in [0.25, 0.3) is 5.69 Å². The minimum Gasteiger partial charge on any atom is -0.217 e. The predicted molar refractivity (Wildman–Crippen MR) is 118 cm³/mol. The molecule has 3 aromatic carbocycles. The number of benzene rings is 3. The van der Waals surface area contributed by atoms with Gasteiger partial charge in [-0.25, -0.2) is 4.68 Å². The molecule has 6 heteroatoms. The number of nitrogens with zero attached hydrogens (tertiary/aromatic N) is 3. The molecule has 0 saturated heterocycles. The van der Waals surface area contributed by atoms with Gasteiger partial charge in [-0.05, 0) is 55.7 Å². The molecule has 4 rings (SSSR count). The van der Waals surface area contributed by atoms with Crippen LogP contribution in [0.2, 0.25) is 0 Å². The summed E-state index contributed by atoms with van der Waals surface area (Å²) in [7, 11) is -1.65. The van der Waals surface area contributed by atoms with E-state index in [1.54, 1.807) is 0 Å². The van der Waals surface area contributed by atoms with Gasteiger partial charge in [0.1, 0.15) is 7.57 Å². The summed E-state index contributed by atoms with van der Waals surface area (Å²) >= 11 is 3.49. The first kappa shape index (κ1) is 17.2. The lowest BCUT2D eigenvalue weighted by Gasteiger charge is -2.26. The van der Waals surface area contributed by atoms with Gasteiger partial charge in [0.15, 0.2) is 5.44 Å². The van der Waals surface area contributed by atoms with Gasteiger partial charge in [-0.2, -0.15) is 0 Å². The SMILES string of the molecule is [BH3-][P+](c1ccccc1)(c1ccccc1)c1cn(-c2ccc(Br)cc2)nn1. The van der Waals surface area contributed by atoms with Crippen molar-refractivity contribution >= 4 is 46.7 Å². The van der Waals surface area contributed by atoms with E-state index in [0.29, 0.717) is 0 Å². The van der Waals surface area contributed by atoms with E-state index in [9.17, 15) is 0 Å². The number of hydrogen-bond acceptors (Lipinski definition) is 2. The van der Waals surface area contributed by atoms with Crippen LogP contribution in [-0.2, 0) is 0 Å². The van der Waals surface area contributed by atoms with Crippen molar-refractivity contribution in [3.63, 3.8) is 0 Å². The molecule has 128 valence electrons. The highest BCUT2D eigenvalue weighted by atomic mass is 79.9. The lowest BCUT2D eigenvalue weighted by Crippen LogP contribution is -2.32. The smallest absolute Gasteiger partial charge is 0.187 e. The van der Waals surface area contributed by atoms with Crippen LogP contribution in [-0.4, -0.2) is 22.6 Å². The standard InChI is InChI=1S/C20H18BBrN3P/c21-26(18-7-3-1-4-8-18,19-9-5-2-6-10-19)20-15-25(24-23-20)17-13-11-16(22)12-14-17/h1-15H,21H3. The summed E-state index contributed by atoms with van der Waals surface area (Å²) < 4.78 is 2.95. The summed E-state index contributed by atoms with van der Waals surface area (Å²) in [5.74, 6) is 0. The van der Waals surface area contributed by atoms with Crippen LogP contribution in [0, 0.1) is 0 Å². The third-order valence-corrected chi connectivity index (χ3v) is 6.65. The van der Waals surface area contributed by atoms with Crippen molar-refractivity contribution < 1.29 is 0 Å². The van der Waals surface area contributed by atoms with Gasteiger partial charge in [0.2, 0.25) is 0 Å². The molecule has 0 spiro atoms. The van der Waals surface area contributed by atoms with E-state index in [4.69, 9.17) is 0 Å². The predicted octanol–water partition coefficient (Wildman–Crippen LogP) is 2.60. The van der Waals surface area contributed by atoms with Gasteiger partial charge in [-0.3, -0.25) is 0 Å². The highest BCUT2D eigenvalue weighted by Gasteiger charge is 2.36. The Morgan fingerprint density at radius 2 is 1.31 bits per heavy atom. The van der Waals surface area contributed by atoms with Gasteiger partial charge in [-0.15, -0.1) is 0 Å². The van der Waals surface area contributed by atoms with Crippen LogP contribution in [0.3, 0.4) is 0 Å². The van der Waals surface area contributed by atoms with E-state index in [2.05, 4.69) is 105 Å². The van der Waals surface area contributed by atoms with Crippen molar-refractivity contribution in [3.05, 3.63) is 95.6 Å². The van der Waals surface area contributed by atoms with Gasteiger partial charge >= 0.3 is 0 Å². The van der Waals surface area contributed by atoms with E-state index in [-0.39, 0.29) is 7.57 Å². The van der Waals surface area contributed by atoms with E-state index >= 15 is 0 Å². The van der Waals surface area contributed by atoms with Crippen LogP contribution in [0.15, 0.2) is 95.6 Å². The molecule has 0 atom stereocenters. The Bertz CT molecular complexity index is 965. The minimum atomic E-state index is -1.59. The lowest BCUT2D eigenvalue weighted by molar-refractivity contribution is 0.804. The number of hydrogen-bond donors (Lipinski definition) is 0. The first-order chi connectivity index (χ1) is 12.7. The molecule has 0 amide bonds. The summed E-state index contributed by atoms with van der Waals surface area (Å²) in [5, 5.41) is 11.9. The largest absolute Gasteiger partial charge is 0.217 e. The summed E-state index contributed by atoms with van der Waals surface area (Å²) in [5.41, 5.74) is 2.16. The third kappa shape index (κ3) is 3.13. The third-order valence-electron chi connectivity index (χ3n) is 3.83. The van der Waals surface area contributed by atoms with Crippen LogP contribution in [0.5, 0.6) is 0 Å². The molecule has 4 aromatic rings. The van der Waals surface area contributed by atoms with Gasteiger partial charge < -0.3 is 0 Å². The second-order valence-electron chi connectivity index (χ2n) is 5.50. The van der Waals surface area contributed by atoms with E-state index in [1.807, 2.05) is 16.8 Å². The molecule has 0 aliphatic rings. The van der Waals surface area contributed by atoms with Crippen molar-refractivity contribution in [2.45, 2.75) is 0 Å². The molecule has 1 aromatic heterocycles. The van der Waals surface area contributed by atoms with Gasteiger partial charge in [-0.1, -0.05) is 62.6 Å². The summed E-state index contributed by atoms with van der Waals surface area (Å²) in [6.45, 7) is 0. The topological polar surface area (TPSA) is 30.7 Å². The normalized spacial score (nSPS) is 11.5. The Labute approximate surface area is 162 Å². The molecule has 0 unspecified atom stereocenters. The van der Waals surface area contributed by atoms with Crippen molar-refractivity contribution in [2.75, 3.05) is 0 Å². The Balaban J connectivity index is 1.85. The Kier molecular flexibility index (Phi) is 4.75. The van der Waals surface area contributed by atoms with Crippen LogP contribution in [0.4, 0.5) is 0 Å². The molecule has 0 N–H and O–H groups in total. The van der Waals surface area contributed by atoms with E-state index in [1.165, 1.54) is 10.6 Å². The zero-order chi connectivity index (χ0) is 18.0. The number of rotatable bonds is 4. The van der Waals surface area contributed by atoms with E-state index < -0.39 is 7.14 Å². The lowest BCUT2D eigenvalue weighted by atomic mass is 10.3. The summed E-state index contributed by atoms with van der Waals surface area (Å²) in [4.78, 5) is 0. The quantitative estimate of drug-likeness (QED) is 0.374. The monoisotopic (exact) mass is 421 g/mol. The molecule has 0 aliphatic carbocycles. The molecule has 0 radical (unpaired) electrons. The van der Waals surface area contributed by atoms with E-state index in [0.717, 1.165) is 15.6 Å². The fourth-order valence-corrected chi connectivity index (χ4v) is 5.03. The maximum absolute atomic E-state index is 4.65. The molecule has 3 nitrogen and oxygen atoms in total. The van der Waals surface area contributed by atoms with Crippen LogP contribution < -0.4 is 16.0 Å². The first-order valence-electron chi connectivity index (χ1n) is 7.90. The fraction of sp³-hybridized carbons (Fsp3) is 0. The summed E-state index contributed by atoms with van der Waals surface area (Å²) in [6.07, 6.45) is 2.13. The van der Waals surface area contributed by atoms with Crippen molar-refractivity contribution in [2.24, 2.45) is 0 Å². The average molecular weight is 422 g/mol. The minimum absolute atomic E-state index is 0.0630. The second kappa shape index (κ2) is 7.18. The molecule has 0 aliphatic heterocycles.